The molecule has 0 spiro atoms. The van der Waals surface area contributed by atoms with E-state index in [9.17, 15) is 9.90 Å². The maximum absolute atomic E-state index is 12.3. The first-order chi connectivity index (χ1) is 17.4. The molecule has 190 valence electrons. The first kappa shape index (κ1) is 23.8. The third-order valence-electron chi connectivity index (χ3n) is 8.13. The van der Waals surface area contributed by atoms with Crippen LogP contribution in [0, 0.1) is 0 Å². The van der Waals surface area contributed by atoms with E-state index in [-0.39, 0.29) is 11.1 Å². The van der Waals surface area contributed by atoms with E-state index in [1.54, 1.807) is 12.1 Å². The van der Waals surface area contributed by atoms with Crippen molar-refractivity contribution in [3.63, 3.8) is 0 Å². The van der Waals surface area contributed by atoms with E-state index < -0.39 is 5.97 Å². The molecule has 3 heterocycles. The van der Waals surface area contributed by atoms with Crippen LogP contribution in [0.1, 0.15) is 98.8 Å². The summed E-state index contributed by atoms with van der Waals surface area (Å²) in [5.41, 5.74) is 6.43. The fourth-order valence-electron chi connectivity index (χ4n) is 6.81. The number of hydrogen-bond donors (Lipinski definition) is 3. The summed E-state index contributed by atoms with van der Waals surface area (Å²) in [4.78, 5) is 16.0. The van der Waals surface area contributed by atoms with E-state index in [0.29, 0.717) is 23.0 Å². The number of nitrogens with one attached hydrogen (secondary N) is 2. The normalized spacial score (nSPS) is 22.3. The Hall–Kier alpha value is -3.60. The second kappa shape index (κ2) is 7.95. The first-order valence-electron chi connectivity index (χ1n) is 13.2. The van der Waals surface area contributed by atoms with Gasteiger partial charge in [-0.25, -0.2) is 9.79 Å². The molecule has 6 rings (SSSR count). The van der Waals surface area contributed by atoms with Gasteiger partial charge in [-0.05, 0) is 75.3 Å². The van der Waals surface area contributed by atoms with E-state index in [1.165, 1.54) is 11.1 Å². The monoisotopic (exact) mass is 495 g/mol. The average molecular weight is 496 g/mol. The molecule has 3 N–H and O–H groups in total. The number of carboxylic acid groups (broad SMARTS) is 1. The molecular weight excluding hydrogens is 460 g/mol. The number of rotatable bonds is 2. The summed E-state index contributed by atoms with van der Waals surface area (Å²) in [6, 6.07) is 16.0. The van der Waals surface area contributed by atoms with Gasteiger partial charge in [0.1, 0.15) is 11.5 Å². The molecule has 0 aromatic heterocycles. The highest BCUT2D eigenvalue weighted by molar-refractivity contribution is 5.98. The number of fused-ring (bicyclic) bond motifs is 4. The standard InChI is InChI=1S/C32H34N2O3/c1-17-15-31(3,4)33-25-13-27-23(11-21(17)25)29(19-9-7-8-10-20(19)30(35)36)24-12-22-18(2)16-32(5,6)34-26(22)14-28(24)37-27/h7-14,17-18,33H,15-16H2,1-6H3,(H,35,36)/p+1. The van der Waals surface area contributed by atoms with Crippen LogP contribution in [0.5, 0.6) is 11.5 Å². The van der Waals surface area contributed by atoms with Gasteiger partial charge in [0.25, 0.3) is 0 Å². The smallest absolute Gasteiger partial charge is 0.336 e. The second-order valence-corrected chi connectivity index (χ2v) is 12.4. The zero-order chi connectivity index (χ0) is 26.3. The summed E-state index contributed by atoms with van der Waals surface area (Å²) in [5.74, 6) is 1.30. The van der Waals surface area contributed by atoms with E-state index in [4.69, 9.17) is 4.74 Å². The SMILES string of the molecule is CC1CC(C)(C)Nc2cc3c(cc21)C(c1ccccc1C(=O)O)=c1cc2c(cc1O3)=[NH+]C(C)(C)CC2C. The highest BCUT2D eigenvalue weighted by Gasteiger charge is 2.35. The van der Waals surface area contributed by atoms with Gasteiger partial charge >= 0.3 is 5.97 Å². The Labute approximate surface area is 217 Å². The number of hydrogen-bond acceptors (Lipinski definition) is 3. The number of anilines is 1. The summed E-state index contributed by atoms with van der Waals surface area (Å²) < 4.78 is 6.62. The van der Waals surface area contributed by atoms with Crippen molar-refractivity contribution in [2.24, 2.45) is 0 Å². The molecule has 0 radical (unpaired) electrons. The van der Waals surface area contributed by atoms with Gasteiger partial charge in [-0.3, -0.25) is 0 Å². The Kier molecular flexibility index (Phi) is 5.11. The minimum absolute atomic E-state index is 0.0135. The predicted octanol–water partition coefficient (Wildman–Crippen LogP) is 4.42. The molecule has 0 aliphatic carbocycles. The van der Waals surface area contributed by atoms with Crippen LogP contribution in [0.3, 0.4) is 0 Å². The molecule has 37 heavy (non-hydrogen) atoms. The van der Waals surface area contributed by atoms with Gasteiger partial charge in [0.05, 0.1) is 11.6 Å². The van der Waals surface area contributed by atoms with Crippen LogP contribution in [-0.4, -0.2) is 22.2 Å². The quantitative estimate of drug-likeness (QED) is 0.385. The van der Waals surface area contributed by atoms with Crippen LogP contribution in [0.15, 0.2) is 48.5 Å². The van der Waals surface area contributed by atoms with Crippen molar-refractivity contribution in [2.75, 3.05) is 5.32 Å². The van der Waals surface area contributed by atoms with Crippen molar-refractivity contribution in [3.8, 4) is 11.5 Å². The van der Waals surface area contributed by atoms with Gasteiger partial charge in [0.15, 0.2) is 5.54 Å². The Morgan fingerprint density at radius 1 is 0.946 bits per heavy atom. The van der Waals surface area contributed by atoms with Crippen LogP contribution in [0.2, 0.25) is 0 Å². The molecular formula is C32H35N2O3+. The molecule has 0 amide bonds. The minimum atomic E-state index is -0.929. The summed E-state index contributed by atoms with van der Waals surface area (Å²) in [6.45, 7) is 13.4. The predicted molar refractivity (Wildman–Crippen MR) is 145 cm³/mol. The van der Waals surface area contributed by atoms with Gasteiger partial charge in [-0.1, -0.05) is 32.0 Å². The van der Waals surface area contributed by atoms with Crippen LogP contribution in [0.4, 0.5) is 5.69 Å². The van der Waals surface area contributed by atoms with Crippen molar-refractivity contribution < 1.29 is 19.6 Å². The fraction of sp³-hybridized carbons (Fsp3) is 0.375. The Morgan fingerprint density at radius 3 is 2.43 bits per heavy atom. The van der Waals surface area contributed by atoms with E-state index in [2.05, 4.69) is 76.1 Å². The van der Waals surface area contributed by atoms with Crippen LogP contribution >= 0.6 is 0 Å². The molecule has 5 heteroatoms. The van der Waals surface area contributed by atoms with Gasteiger partial charge in [-0.15, -0.1) is 0 Å². The average Bonchev–Trinajstić information content (AvgIpc) is 2.79. The van der Waals surface area contributed by atoms with Gasteiger partial charge in [-0.2, -0.15) is 0 Å². The number of carbonyl (C=O) groups is 1. The Morgan fingerprint density at radius 2 is 1.68 bits per heavy atom. The highest BCUT2D eigenvalue weighted by Crippen LogP contribution is 2.46. The van der Waals surface area contributed by atoms with E-state index >= 15 is 0 Å². The van der Waals surface area contributed by atoms with Crippen molar-refractivity contribution in [3.05, 3.63) is 86.9 Å². The van der Waals surface area contributed by atoms with Crippen LogP contribution in [0.25, 0.3) is 5.57 Å². The van der Waals surface area contributed by atoms with E-state index in [0.717, 1.165) is 51.7 Å². The summed E-state index contributed by atoms with van der Waals surface area (Å²) in [6.07, 6.45) is 2.04. The van der Waals surface area contributed by atoms with Crippen molar-refractivity contribution in [1.82, 2.24) is 0 Å². The molecule has 0 saturated heterocycles. The van der Waals surface area contributed by atoms with Gasteiger partial charge in [0.2, 0.25) is 5.36 Å². The van der Waals surface area contributed by atoms with Gasteiger partial charge < -0.3 is 15.2 Å². The number of aromatic carboxylic acids is 1. The lowest BCUT2D eigenvalue weighted by Crippen LogP contribution is -2.90. The highest BCUT2D eigenvalue weighted by atomic mass is 16.5. The lowest BCUT2D eigenvalue weighted by molar-refractivity contribution is -0.588. The molecule has 0 fully saturated rings. The van der Waals surface area contributed by atoms with Crippen molar-refractivity contribution in [1.29, 1.82) is 0 Å². The zero-order valence-corrected chi connectivity index (χ0v) is 22.5. The number of benzene rings is 3. The molecule has 2 atom stereocenters. The van der Waals surface area contributed by atoms with E-state index in [1.807, 2.05) is 12.1 Å². The molecule has 5 nitrogen and oxygen atoms in total. The summed E-state index contributed by atoms with van der Waals surface area (Å²) in [5, 5.41) is 15.8. The molecule has 3 aliphatic rings. The van der Waals surface area contributed by atoms with Crippen LogP contribution in [-0.2, 0) is 0 Å². The topological polar surface area (TPSA) is 72.5 Å². The van der Waals surface area contributed by atoms with Gasteiger partial charge in [0, 0.05) is 45.6 Å². The largest absolute Gasteiger partial charge is 0.478 e. The van der Waals surface area contributed by atoms with Crippen molar-refractivity contribution in [2.45, 2.75) is 77.3 Å². The second-order valence-electron chi connectivity index (χ2n) is 12.4. The maximum Gasteiger partial charge on any atom is 0.336 e. The van der Waals surface area contributed by atoms with Crippen LogP contribution < -0.4 is 25.6 Å². The summed E-state index contributed by atoms with van der Waals surface area (Å²) in [7, 11) is 0. The lowest BCUT2D eigenvalue weighted by atomic mass is 9.79. The Balaban J connectivity index is 1.71. The third kappa shape index (κ3) is 3.92. The molecule has 2 unspecified atom stereocenters. The number of carboxylic acids is 1. The molecule has 0 bridgehead atoms. The molecule has 3 aromatic rings. The minimum Gasteiger partial charge on any atom is -0.478 e. The molecule has 0 saturated carbocycles. The lowest BCUT2D eigenvalue weighted by Gasteiger charge is -2.38. The number of ether oxygens (including phenoxy) is 1. The fourth-order valence-corrected chi connectivity index (χ4v) is 6.81. The molecule has 3 aromatic carbocycles. The Bertz CT molecular complexity index is 1600. The third-order valence-corrected chi connectivity index (χ3v) is 8.13. The summed E-state index contributed by atoms with van der Waals surface area (Å²) >= 11 is 0. The maximum atomic E-state index is 12.3. The zero-order valence-electron chi connectivity index (χ0n) is 22.5. The first-order valence-corrected chi connectivity index (χ1v) is 13.2. The van der Waals surface area contributed by atoms with Crippen molar-refractivity contribution >= 4 is 17.2 Å². The molecule has 3 aliphatic heterocycles.